The molecular formula is C22H24Br2N4. The lowest BCUT2D eigenvalue weighted by molar-refractivity contribution is 0.272. The average Bonchev–Trinajstić information content (AvgIpc) is 2.70. The number of hydrogen-bond donors (Lipinski definition) is 0. The van der Waals surface area contributed by atoms with Crippen molar-refractivity contribution in [1.82, 2.24) is 10.0 Å². The van der Waals surface area contributed by atoms with Crippen molar-refractivity contribution in [1.29, 1.82) is 0 Å². The molecule has 0 unspecified atom stereocenters. The summed E-state index contributed by atoms with van der Waals surface area (Å²) in [5.41, 5.74) is 2.26. The Hall–Kier alpha value is -2.18. The SMILES string of the molecule is CN(CCN(C)N=CC(Br)=Cc1ccccc1)N=CC(Br)=Cc1ccccc1. The quantitative estimate of drug-likeness (QED) is 0.325. The highest BCUT2D eigenvalue weighted by molar-refractivity contribution is 9.12. The van der Waals surface area contributed by atoms with Crippen LogP contribution < -0.4 is 0 Å². The highest BCUT2D eigenvalue weighted by Gasteiger charge is 1.98. The van der Waals surface area contributed by atoms with E-state index >= 15 is 0 Å². The van der Waals surface area contributed by atoms with Gasteiger partial charge in [-0.15, -0.1) is 0 Å². The standard InChI is InChI=1S/C22H24Br2N4/c1-27(25-17-21(23)15-19-9-5-3-6-10-19)13-14-28(2)26-18-22(24)16-20-11-7-4-8-12-20/h3-12,15-18H,13-14H2,1-2H3. The number of rotatable bonds is 9. The summed E-state index contributed by atoms with van der Waals surface area (Å²) in [5, 5.41) is 12.7. The van der Waals surface area contributed by atoms with Gasteiger partial charge in [-0.2, -0.15) is 10.2 Å². The first-order chi connectivity index (χ1) is 13.5. The third-order valence-electron chi connectivity index (χ3n) is 3.71. The van der Waals surface area contributed by atoms with Gasteiger partial charge in [0.15, 0.2) is 0 Å². The minimum absolute atomic E-state index is 0.760. The lowest BCUT2D eigenvalue weighted by atomic mass is 10.2. The zero-order chi connectivity index (χ0) is 20.2. The molecule has 4 nitrogen and oxygen atoms in total. The first-order valence-corrected chi connectivity index (χ1v) is 10.5. The molecule has 6 heteroatoms. The van der Waals surface area contributed by atoms with Crippen LogP contribution in [0.15, 0.2) is 79.8 Å². The van der Waals surface area contributed by atoms with Crippen LogP contribution in [0.2, 0.25) is 0 Å². The van der Waals surface area contributed by atoms with Crippen molar-refractivity contribution >= 4 is 56.4 Å². The summed E-state index contributed by atoms with van der Waals surface area (Å²) in [6.07, 6.45) is 7.67. The van der Waals surface area contributed by atoms with Crippen LogP contribution >= 0.6 is 31.9 Å². The van der Waals surface area contributed by atoms with E-state index in [4.69, 9.17) is 0 Å². The maximum atomic E-state index is 4.44. The van der Waals surface area contributed by atoms with Crippen molar-refractivity contribution in [3.63, 3.8) is 0 Å². The lowest BCUT2D eigenvalue weighted by Gasteiger charge is -2.17. The fourth-order valence-electron chi connectivity index (χ4n) is 2.20. The zero-order valence-corrected chi connectivity index (χ0v) is 19.2. The molecule has 0 spiro atoms. The third kappa shape index (κ3) is 9.15. The van der Waals surface area contributed by atoms with E-state index in [0.717, 1.165) is 33.2 Å². The molecular weight excluding hydrogens is 480 g/mol. The van der Waals surface area contributed by atoms with Crippen LogP contribution in [0, 0.1) is 0 Å². The van der Waals surface area contributed by atoms with E-state index in [2.05, 4.69) is 66.3 Å². The summed E-state index contributed by atoms with van der Waals surface area (Å²) < 4.78 is 1.85. The Bertz CT molecular complexity index is 759. The second kappa shape index (κ2) is 12.3. The highest BCUT2D eigenvalue weighted by Crippen LogP contribution is 2.11. The van der Waals surface area contributed by atoms with E-state index in [1.54, 1.807) is 12.4 Å². The van der Waals surface area contributed by atoms with E-state index in [0.29, 0.717) is 0 Å². The van der Waals surface area contributed by atoms with Crippen LogP contribution in [0.3, 0.4) is 0 Å². The fourth-order valence-corrected chi connectivity index (χ4v) is 2.92. The molecule has 0 fully saturated rings. The second-order valence-electron chi connectivity index (χ2n) is 6.13. The molecule has 2 aromatic carbocycles. The molecule has 28 heavy (non-hydrogen) atoms. The molecule has 0 bridgehead atoms. The zero-order valence-electron chi connectivity index (χ0n) is 16.0. The molecule has 2 aromatic rings. The molecule has 0 radical (unpaired) electrons. The third-order valence-corrected chi connectivity index (χ3v) is 4.58. The summed E-state index contributed by atoms with van der Waals surface area (Å²) in [4.78, 5) is 0. The first kappa shape index (κ1) is 22.1. The summed E-state index contributed by atoms with van der Waals surface area (Å²) in [6.45, 7) is 1.52. The van der Waals surface area contributed by atoms with Crippen LogP contribution in [0.25, 0.3) is 12.2 Å². The minimum atomic E-state index is 0.760. The fraction of sp³-hybridized carbons (Fsp3) is 0.182. The molecule has 0 atom stereocenters. The monoisotopic (exact) mass is 502 g/mol. The van der Waals surface area contributed by atoms with Crippen molar-refractivity contribution in [2.75, 3.05) is 27.2 Å². The van der Waals surface area contributed by atoms with Crippen molar-refractivity contribution in [3.05, 3.63) is 80.8 Å². The number of likely N-dealkylation sites (N-methyl/N-ethyl adjacent to an activating group) is 2. The summed E-state index contributed by atoms with van der Waals surface area (Å²) in [7, 11) is 3.89. The molecule has 0 N–H and O–H groups in total. The number of benzene rings is 2. The van der Waals surface area contributed by atoms with Gasteiger partial charge in [0.25, 0.3) is 0 Å². The molecule has 0 aromatic heterocycles. The largest absolute Gasteiger partial charge is 0.298 e. The summed E-state index contributed by atoms with van der Waals surface area (Å²) in [5.74, 6) is 0. The van der Waals surface area contributed by atoms with Gasteiger partial charge in [0, 0.05) is 23.1 Å². The van der Waals surface area contributed by atoms with Crippen molar-refractivity contribution in [2.45, 2.75) is 0 Å². The molecule has 146 valence electrons. The first-order valence-electron chi connectivity index (χ1n) is 8.87. The maximum Gasteiger partial charge on any atom is 0.0612 e. The summed E-state index contributed by atoms with van der Waals surface area (Å²) >= 11 is 7.06. The Morgan fingerprint density at radius 1 is 0.714 bits per heavy atom. The second-order valence-corrected chi connectivity index (χ2v) is 7.96. The molecule has 0 saturated heterocycles. The van der Waals surface area contributed by atoms with E-state index in [-0.39, 0.29) is 0 Å². The van der Waals surface area contributed by atoms with Crippen LogP contribution in [0.1, 0.15) is 11.1 Å². The molecule has 0 heterocycles. The van der Waals surface area contributed by atoms with Gasteiger partial charge >= 0.3 is 0 Å². The van der Waals surface area contributed by atoms with Crippen LogP contribution in [0.4, 0.5) is 0 Å². The molecule has 0 amide bonds. The minimum Gasteiger partial charge on any atom is -0.298 e. The van der Waals surface area contributed by atoms with Crippen LogP contribution in [0.5, 0.6) is 0 Å². The number of allylic oxidation sites excluding steroid dienone is 2. The molecule has 0 aliphatic carbocycles. The van der Waals surface area contributed by atoms with Gasteiger partial charge in [-0.1, -0.05) is 60.7 Å². The van der Waals surface area contributed by atoms with Gasteiger partial charge in [-0.25, -0.2) is 0 Å². The van der Waals surface area contributed by atoms with E-state index in [1.807, 2.05) is 72.7 Å². The maximum absolute atomic E-state index is 4.44. The normalized spacial score (nSPS) is 12.7. The number of hydrogen-bond acceptors (Lipinski definition) is 4. The summed E-state index contributed by atoms with van der Waals surface area (Å²) in [6, 6.07) is 20.3. The number of nitrogens with zero attached hydrogens (tertiary/aromatic N) is 4. The van der Waals surface area contributed by atoms with Gasteiger partial charge < -0.3 is 0 Å². The Balaban J connectivity index is 1.77. The highest BCUT2D eigenvalue weighted by atomic mass is 79.9. The number of halogens is 2. The smallest absolute Gasteiger partial charge is 0.0612 e. The Labute approximate surface area is 184 Å². The predicted molar refractivity (Wildman–Crippen MR) is 129 cm³/mol. The van der Waals surface area contributed by atoms with E-state index < -0.39 is 0 Å². The Morgan fingerprint density at radius 3 is 1.43 bits per heavy atom. The molecule has 2 rings (SSSR count). The predicted octanol–water partition coefficient (Wildman–Crippen LogP) is 5.69. The van der Waals surface area contributed by atoms with Gasteiger partial charge in [0.2, 0.25) is 0 Å². The van der Waals surface area contributed by atoms with Crippen molar-refractivity contribution in [3.8, 4) is 0 Å². The molecule has 0 aliphatic rings. The van der Waals surface area contributed by atoms with Crippen molar-refractivity contribution < 1.29 is 0 Å². The Kier molecular flexibility index (Phi) is 9.72. The van der Waals surface area contributed by atoms with Gasteiger partial charge in [0.1, 0.15) is 0 Å². The van der Waals surface area contributed by atoms with Gasteiger partial charge in [-0.3, -0.25) is 10.0 Å². The van der Waals surface area contributed by atoms with Crippen LogP contribution in [-0.4, -0.2) is 49.6 Å². The topological polar surface area (TPSA) is 31.2 Å². The van der Waals surface area contributed by atoms with Crippen LogP contribution in [-0.2, 0) is 0 Å². The average molecular weight is 504 g/mol. The Morgan fingerprint density at radius 2 is 1.07 bits per heavy atom. The molecule has 0 aliphatic heterocycles. The lowest BCUT2D eigenvalue weighted by Crippen LogP contribution is -2.25. The number of hydrazone groups is 2. The van der Waals surface area contributed by atoms with Crippen molar-refractivity contribution in [2.24, 2.45) is 10.2 Å². The van der Waals surface area contributed by atoms with E-state index in [1.165, 1.54) is 0 Å². The molecule has 0 saturated carbocycles. The van der Waals surface area contributed by atoms with E-state index in [9.17, 15) is 0 Å². The van der Waals surface area contributed by atoms with Gasteiger partial charge in [-0.05, 0) is 55.1 Å². The van der Waals surface area contributed by atoms with Gasteiger partial charge in [0.05, 0.1) is 25.5 Å².